The van der Waals surface area contributed by atoms with Gasteiger partial charge in [-0.15, -0.1) is 0 Å². The van der Waals surface area contributed by atoms with Crippen molar-refractivity contribution >= 4 is 71.0 Å². The Hall–Kier alpha value is -5.44. The standard InChI is InChI=1S/C46H72N17O17PS3/c1-21-17-63(46(68)60-39(21)67)31-15-25(61-62-55)30(76-31)19-73-81(69,70)72-18-22-4-6-23(7-5-22)74-32(65)3-2-10-83-84-12-9-71-8-11-82-20-24-13-28(64)40(75-24)80-38-34(66)26(57-43(49)50)14-27(58-44(51)52)35(38)79-41-33(59-45(53)54)37-36(78-37)29(77-41)16-56-42(47)48/h4-7,17,24-31,33-38,40-41,64,66H,2-3,8-16,18-20H2,1H3,(H,69,70)(H4,47,48,56)(H4,49,50,57)(H4,51,52,58)(H4,53,54,59)(H,60,67,68). The third-order valence-corrected chi connectivity index (χ3v) is 17.8. The molecule has 20 N–H and O–H groups in total. The summed E-state index contributed by atoms with van der Waals surface area (Å²) in [5, 5.41) is 26.6. The van der Waals surface area contributed by atoms with Crippen molar-refractivity contribution in [3.8, 4) is 5.75 Å². The molecule has 0 bridgehead atoms. The van der Waals surface area contributed by atoms with Gasteiger partial charge in [0.25, 0.3) is 5.56 Å². The molecule has 5 heterocycles. The summed E-state index contributed by atoms with van der Waals surface area (Å²) in [6.07, 6.45) is -9.21. The normalized spacial score (nSPS) is 30.4. The van der Waals surface area contributed by atoms with Crippen LogP contribution < -0.4 is 61.9 Å². The Morgan fingerprint density at radius 2 is 1.52 bits per heavy atom. The van der Waals surface area contributed by atoms with Gasteiger partial charge in [0.05, 0.1) is 63.3 Å². The Morgan fingerprint density at radius 3 is 2.24 bits per heavy atom. The lowest BCUT2D eigenvalue weighted by molar-refractivity contribution is -0.282. The molecule has 34 nitrogen and oxygen atoms in total. The Kier molecular flexibility index (Phi) is 24.6. The minimum atomic E-state index is -4.65. The maximum atomic E-state index is 12.7. The predicted octanol–water partition coefficient (Wildman–Crippen LogP) is -2.34. The van der Waals surface area contributed by atoms with Crippen LogP contribution in [0.2, 0.25) is 0 Å². The van der Waals surface area contributed by atoms with Crippen molar-refractivity contribution in [2.45, 2.75) is 144 Å². The van der Waals surface area contributed by atoms with Crippen LogP contribution in [0.25, 0.3) is 10.4 Å². The Bertz CT molecular complexity index is 2860. The van der Waals surface area contributed by atoms with E-state index in [0.29, 0.717) is 48.2 Å². The van der Waals surface area contributed by atoms with Crippen molar-refractivity contribution in [3.63, 3.8) is 0 Å². The van der Waals surface area contributed by atoms with Gasteiger partial charge in [0.2, 0.25) is 0 Å². The highest BCUT2D eigenvalue weighted by molar-refractivity contribution is 8.76. The topological polar surface area (TPSA) is 552 Å². The van der Waals surface area contributed by atoms with E-state index >= 15 is 0 Å². The average molecular weight is 1260 g/mol. The lowest BCUT2D eigenvalue weighted by Gasteiger charge is -2.45. The number of aryl methyl sites for hydroxylation is 1. The number of aromatic nitrogens is 2. The molecule has 1 aromatic carbocycles. The number of aliphatic hydroxyl groups is 2. The molecule has 1 aliphatic carbocycles. The maximum absolute atomic E-state index is 12.7. The number of azide groups is 1. The van der Waals surface area contributed by atoms with Gasteiger partial charge in [0.1, 0.15) is 60.7 Å². The molecular formula is C46H72N17O17PS3. The number of H-pyrrole nitrogens is 1. The minimum absolute atomic E-state index is 0.00237. The number of epoxide rings is 1. The van der Waals surface area contributed by atoms with Gasteiger partial charge >= 0.3 is 19.5 Å². The fourth-order valence-electron chi connectivity index (χ4n) is 9.47. The van der Waals surface area contributed by atoms with Crippen LogP contribution in [-0.2, 0) is 58.2 Å². The number of ether oxygens (including phenoxy) is 8. The van der Waals surface area contributed by atoms with Crippen molar-refractivity contribution in [2.24, 2.45) is 71.0 Å². The van der Waals surface area contributed by atoms with Crippen molar-refractivity contribution < 1.29 is 71.4 Å². The second-order valence-electron chi connectivity index (χ2n) is 19.7. The number of nitrogens with zero attached hydrogens (tertiary/aromatic N) is 8. The van der Waals surface area contributed by atoms with Gasteiger partial charge in [0, 0.05) is 58.9 Å². The summed E-state index contributed by atoms with van der Waals surface area (Å²) >= 11 is 1.56. The first kappa shape index (κ1) is 66.1. The Morgan fingerprint density at radius 1 is 0.821 bits per heavy atom. The molecule has 38 heteroatoms. The largest absolute Gasteiger partial charge is 0.472 e. The second-order valence-corrected chi connectivity index (χ2v) is 25.0. The number of guanidine groups is 4. The fourth-order valence-corrected chi connectivity index (χ4v) is 13.0. The van der Waals surface area contributed by atoms with Crippen molar-refractivity contribution in [1.82, 2.24) is 9.55 Å². The number of nitrogens with two attached hydrogens (primary N) is 8. The number of phosphoric acid groups is 1. The van der Waals surface area contributed by atoms with E-state index in [2.05, 4.69) is 35.0 Å². The number of aliphatic imine (C=N–C) groups is 4. The highest BCUT2D eigenvalue weighted by Crippen LogP contribution is 2.46. The first-order valence-electron chi connectivity index (χ1n) is 26.4. The van der Waals surface area contributed by atoms with Crippen LogP contribution in [0.1, 0.15) is 49.5 Å². The van der Waals surface area contributed by atoms with E-state index in [4.69, 9.17) is 98.3 Å². The number of hydrogen-bond donors (Lipinski definition) is 12. The smallest absolute Gasteiger partial charge is 0.427 e. The molecule has 0 radical (unpaired) electrons. The molecule has 0 amide bonds. The van der Waals surface area contributed by atoms with Gasteiger partial charge in [0.15, 0.2) is 36.4 Å². The molecule has 84 heavy (non-hydrogen) atoms. The van der Waals surface area contributed by atoms with Gasteiger partial charge in [-0.3, -0.25) is 33.2 Å². The number of esters is 1. The molecule has 5 fully saturated rings. The molecule has 466 valence electrons. The van der Waals surface area contributed by atoms with E-state index in [0.717, 1.165) is 4.57 Å². The van der Waals surface area contributed by atoms with E-state index in [1.165, 1.54) is 25.3 Å². The van der Waals surface area contributed by atoms with Gasteiger partial charge in [-0.25, -0.2) is 24.3 Å². The number of carbonyl (C=O) groups excluding carboxylic acids is 1. The SMILES string of the molecule is Cc1cn(C2CC(N=[N+]=[N-])C(COP(=O)(O)OCc3ccc(OC(=O)CCCSSCCOCCSCC4CC(O)C(OC5C(O)C(N=C(N)N)CC(N=C(N)N)C5OC5OC(CN=C(N)N)C6OC6C5N=C(N)N)O4)cc3)O2)c(=O)[nH]c1=O. The van der Waals surface area contributed by atoms with Gasteiger partial charge in [-0.2, -0.15) is 11.8 Å². The van der Waals surface area contributed by atoms with Crippen LogP contribution in [0.5, 0.6) is 5.75 Å². The average Bonchev–Trinajstić information content (AvgIpc) is 1.81. The first-order valence-corrected chi connectivity index (χ1v) is 31.5. The maximum Gasteiger partial charge on any atom is 0.472 e. The summed E-state index contributed by atoms with van der Waals surface area (Å²) in [7, 11) is -1.43. The van der Waals surface area contributed by atoms with E-state index in [1.807, 2.05) is 0 Å². The highest BCUT2D eigenvalue weighted by atomic mass is 33.1. The van der Waals surface area contributed by atoms with E-state index < -0.39 is 130 Å². The van der Waals surface area contributed by atoms with Crippen LogP contribution in [0.15, 0.2) is 65.1 Å². The Labute approximate surface area is 492 Å². The van der Waals surface area contributed by atoms with Crippen molar-refractivity contribution in [1.29, 1.82) is 0 Å². The summed E-state index contributed by atoms with van der Waals surface area (Å²) in [5.41, 5.74) is 54.4. The minimum Gasteiger partial charge on any atom is -0.427 e. The number of benzene rings is 1. The summed E-state index contributed by atoms with van der Waals surface area (Å²) in [6.45, 7) is 1.64. The third kappa shape index (κ3) is 19.5. The molecule has 17 unspecified atom stereocenters. The van der Waals surface area contributed by atoms with Crippen LogP contribution in [0, 0.1) is 6.92 Å². The number of carbonyl (C=O) groups is 1. The number of fused-ring (bicyclic) bond motifs is 1. The molecule has 1 aromatic heterocycles. The van der Waals surface area contributed by atoms with E-state index in [-0.39, 0.29) is 74.0 Å². The quantitative estimate of drug-likeness (QED) is 0.00322. The number of aromatic amines is 1. The molecular weight excluding hydrogens is 1190 g/mol. The van der Waals surface area contributed by atoms with Gasteiger partial charge < -0.3 is 98.9 Å². The number of rotatable bonds is 31. The molecule has 0 spiro atoms. The number of thioether (sulfide) groups is 1. The zero-order valence-electron chi connectivity index (χ0n) is 45.4. The van der Waals surface area contributed by atoms with E-state index in [9.17, 15) is 34.1 Å². The van der Waals surface area contributed by atoms with E-state index in [1.54, 1.807) is 45.5 Å². The molecule has 4 saturated heterocycles. The van der Waals surface area contributed by atoms with Gasteiger partial charge in [-0.1, -0.05) is 38.8 Å². The molecule has 4 aliphatic heterocycles. The van der Waals surface area contributed by atoms with Crippen LogP contribution in [0.4, 0.5) is 0 Å². The van der Waals surface area contributed by atoms with Crippen LogP contribution in [-0.4, -0.2) is 196 Å². The lowest BCUT2D eigenvalue weighted by atomic mass is 9.83. The number of phosphoric ester groups is 1. The zero-order valence-corrected chi connectivity index (χ0v) is 48.8. The summed E-state index contributed by atoms with van der Waals surface area (Å²) in [6, 6.07) is 2.51. The van der Waals surface area contributed by atoms with Crippen molar-refractivity contribution in [3.05, 3.63) is 72.9 Å². The predicted molar refractivity (Wildman–Crippen MR) is 309 cm³/mol. The van der Waals surface area contributed by atoms with Crippen LogP contribution in [0.3, 0.4) is 0 Å². The monoisotopic (exact) mass is 1260 g/mol. The van der Waals surface area contributed by atoms with Crippen molar-refractivity contribution in [2.75, 3.05) is 49.4 Å². The first-order chi connectivity index (χ1) is 40.1. The fraction of sp³-hybridized carbons (Fsp3) is 0.674. The zero-order chi connectivity index (χ0) is 60.7. The molecule has 2 aromatic rings. The molecule has 5 aliphatic rings. The summed E-state index contributed by atoms with van der Waals surface area (Å²) in [5.74, 6) is 1.34. The lowest BCUT2D eigenvalue weighted by Crippen LogP contribution is -2.61. The number of nitrogens with one attached hydrogen (secondary N) is 1. The summed E-state index contributed by atoms with van der Waals surface area (Å²) < 4.78 is 72.4. The second kappa shape index (κ2) is 31.3. The molecule has 7 rings (SSSR count). The number of hydrogen-bond acceptors (Lipinski definition) is 24. The third-order valence-electron chi connectivity index (χ3n) is 13.4. The molecule has 17 atom stereocenters. The number of aliphatic hydroxyl groups excluding tert-OH is 2. The van der Waals surface area contributed by atoms with Gasteiger partial charge in [-0.05, 0) is 43.0 Å². The van der Waals surface area contributed by atoms with Crippen LogP contribution >= 0.6 is 41.2 Å². The molecule has 1 saturated carbocycles. The summed E-state index contributed by atoms with van der Waals surface area (Å²) in [4.78, 5) is 68.9. The Balaban J connectivity index is 0.763. The highest BCUT2D eigenvalue weighted by Gasteiger charge is 2.60.